The van der Waals surface area contributed by atoms with Crippen molar-refractivity contribution in [3.05, 3.63) is 47.9 Å². The summed E-state index contributed by atoms with van der Waals surface area (Å²) >= 11 is 0. The van der Waals surface area contributed by atoms with E-state index in [4.69, 9.17) is 15.4 Å². The van der Waals surface area contributed by atoms with Gasteiger partial charge in [-0.25, -0.2) is 4.39 Å². The van der Waals surface area contributed by atoms with Gasteiger partial charge in [0.05, 0.1) is 17.6 Å². The van der Waals surface area contributed by atoms with Gasteiger partial charge in [-0.3, -0.25) is 4.79 Å². The molecule has 5 rings (SSSR count). The first-order valence-electron chi connectivity index (χ1n) is 10.1. The maximum atomic E-state index is 15.2. The number of fused-ring (bicyclic) bond motifs is 3. The average molecular weight is 476 g/mol. The van der Waals surface area contributed by atoms with Gasteiger partial charge in [0.1, 0.15) is 5.75 Å². The number of carboxylic acid groups (broad SMARTS) is 1. The van der Waals surface area contributed by atoms with E-state index in [9.17, 15) is 18.0 Å². The maximum Gasteiger partial charge on any atom is 0.573 e. The Morgan fingerprint density at radius 3 is 2.76 bits per heavy atom. The van der Waals surface area contributed by atoms with E-state index in [2.05, 4.69) is 14.9 Å². The van der Waals surface area contributed by atoms with Crippen LogP contribution in [-0.4, -0.2) is 32.1 Å². The molecule has 0 aliphatic carbocycles. The highest BCUT2D eigenvalue weighted by Crippen LogP contribution is 2.40. The number of aryl methyl sites for hydroxylation is 1. The number of nitrogens with two attached hydrogens (primary N) is 1. The van der Waals surface area contributed by atoms with Crippen LogP contribution >= 0.6 is 0 Å². The van der Waals surface area contributed by atoms with Crippen LogP contribution in [0.15, 0.2) is 40.9 Å². The number of ether oxygens (including phenoxy) is 1. The molecule has 3 N–H and O–H groups in total. The van der Waals surface area contributed by atoms with Crippen LogP contribution in [0.25, 0.3) is 33.7 Å². The predicted octanol–water partition coefficient (Wildman–Crippen LogP) is 4.94. The normalized spacial score (nSPS) is 15.6. The molecule has 1 unspecified atom stereocenters. The molecule has 1 aliphatic rings. The van der Waals surface area contributed by atoms with Crippen LogP contribution in [0, 0.1) is 5.82 Å². The number of hydrogen-bond donors (Lipinski definition) is 2. The second-order valence-corrected chi connectivity index (χ2v) is 7.93. The van der Waals surface area contributed by atoms with E-state index in [1.54, 1.807) is 16.7 Å². The summed E-state index contributed by atoms with van der Waals surface area (Å²) in [5, 5.41) is 13.3. The summed E-state index contributed by atoms with van der Waals surface area (Å²) in [5.41, 5.74) is 7.18. The Labute approximate surface area is 188 Å². The van der Waals surface area contributed by atoms with Gasteiger partial charge in [-0.15, -0.1) is 13.2 Å². The molecule has 4 aromatic rings. The highest BCUT2D eigenvalue weighted by atomic mass is 19.4. The molecule has 1 aliphatic heterocycles. The summed E-state index contributed by atoms with van der Waals surface area (Å²) in [6, 6.07) is 8.29. The Balaban J connectivity index is 1.49. The van der Waals surface area contributed by atoms with Crippen molar-refractivity contribution < 1.29 is 36.7 Å². The van der Waals surface area contributed by atoms with Crippen LogP contribution < -0.4 is 10.5 Å². The van der Waals surface area contributed by atoms with Crippen LogP contribution in [0.4, 0.5) is 23.2 Å². The van der Waals surface area contributed by atoms with Gasteiger partial charge in [0.15, 0.2) is 5.82 Å². The molecule has 1 atom stereocenters. The van der Waals surface area contributed by atoms with Crippen molar-refractivity contribution in [2.75, 3.05) is 5.73 Å². The summed E-state index contributed by atoms with van der Waals surface area (Å²) in [6.07, 6.45) is -4.51. The number of aromatic nitrogens is 3. The summed E-state index contributed by atoms with van der Waals surface area (Å²) in [6.45, 7) is 0.511. The molecule has 12 heteroatoms. The lowest BCUT2D eigenvalue weighted by Gasteiger charge is -2.10. The lowest BCUT2D eigenvalue weighted by molar-refractivity contribution is -0.274. The number of alkyl halides is 3. The predicted molar refractivity (Wildman–Crippen MR) is 111 cm³/mol. The molecule has 3 heterocycles. The molecular weight excluding hydrogens is 460 g/mol. The Kier molecular flexibility index (Phi) is 4.95. The monoisotopic (exact) mass is 476 g/mol. The number of aliphatic carboxylic acids is 1. The molecule has 0 fully saturated rings. The first kappa shape index (κ1) is 21.7. The number of rotatable bonds is 5. The number of benzene rings is 2. The van der Waals surface area contributed by atoms with E-state index >= 15 is 4.39 Å². The summed E-state index contributed by atoms with van der Waals surface area (Å²) in [7, 11) is 0. The van der Waals surface area contributed by atoms with E-state index in [1.165, 1.54) is 12.1 Å². The zero-order valence-electron chi connectivity index (χ0n) is 17.3. The minimum absolute atomic E-state index is 0.000711. The first-order valence-corrected chi connectivity index (χ1v) is 10.1. The van der Waals surface area contributed by atoms with Crippen molar-refractivity contribution in [3.63, 3.8) is 0 Å². The Morgan fingerprint density at radius 1 is 1.24 bits per heavy atom. The minimum atomic E-state index is -4.90. The Hall–Kier alpha value is -4.09. The van der Waals surface area contributed by atoms with Gasteiger partial charge in [0.2, 0.25) is 5.82 Å². The van der Waals surface area contributed by atoms with Gasteiger partial charge in [0.25, 0.3) is 5.89 Å². The van der Waals surface area contributed by atoms with Crippen molar-refractivity contribution in [2.24, 2.45) is 0 Å². The summed E-state index contributed by atoms with van der Waals surface area (Å²) in [4.78, 5) is 15.3. The molecule has 34 heavy (non-hydrogen) atoms. The number of carbonyl (C=O) groups is 1. The van der Waals surface area contributed by atoms with Crippen LogP contribution in [0.2, 0.25) is 0 Å². The second-order valence-electron chi connectivity index (χ2n) is 7.93. The zero-order valence-corrected chi connectivity index (χ0v) is 17.3. The first-order chi connectivity index (χ1) is 16.1. The molecule has 0 bridgehead atoms. The van der Waals surface area contributed by atoms with Gasteiger partial charge >= 0.3 is 12.3 Å². The van der Waals surface area contributed by atoms with Crippen molar-refractivity contribution in [1.82, 2.24) is 14.7 Å². The average Bonchev–Trinajstić information content (AvgIpc) is 3.44. The molecule has 2 aromatic heterocycles. The van der Waals surface area contributed by atoms with Crippen molar-refractivity contribution in [1.29, 1.82) is 0 Å². The lowest BCUT2D eigenvalue weighted by atomic mass is 9.99. The molecule has 0 saturated heterocycles. The molecule has 0 amide bonds. The zero-order chi connectivity index (χ0) is 24.2. The van der Waals surface area contributed by atoms with Crippen LogP contribution in [0.3, 0.4) is 0 Å². The minimum Gasteiger partial charge on any atom is -0.481 e. The molecular formula is C22H16F4N4O4. The summed E-state index contributed by atoms with van der Waals surface area (Å²) < 4.78 is 63.8. The Bertz CT molecular complexity index is 1430. The fraction of sp³-hybridized carbons (Fsp3) is 0.227. The SMILES string of the molecule is Nc1cc(OC(F)(F)F)cc(-c2nc(-c3ccc4c(c3)c(F)c3n4CCC3CC(=O)O)no2)c1. The smallest absolute Gasteiger partial charge is 0.481 e. The van der Waals surface area contributed by atoms with E-state index in [-0.39, 0.29) is 29.4 Å². The van der Waals surface area contributed by atoms with Gasteiger partial charge < -0.3 is 24.7 Å². The number of hydrogen-bond acceptors (Lipinski definition) is 6. The molecule has 0 radical (unpaired) electrons. The van der Waals surface area contributed by atoms with E-state index in [0.29, 0.717) is 35.1 Å². The third-order valence-electron chi connectivity index (χ3n) is 5.64. The van der Waals surface area contributed by atoms with Crippen molar-refractivity contribution in [2.45, 2.75) is 31.7 Å². The largest absolute Gasteiger partial charge is 0.573 e. The second kappa shape index (κ2) is 7.75. The van der Waals surface area contributed by atoms with Crippen LogP contribution in [0.5, 0.6) is 5.75 Å². The quantitative estimate of drug-likeness (QED) is 0.310. The number of anilines is 1. The van der Waals surface area contributed by atoms with Crippen LogP contribution in [0.1, 0.15) is 24.5 Å². The number of nitrogens with zero attached hydrogens (tertiary/aromatic N) is 3. The highest BCUT2D eigenvalue weighted by molar-refractivity contribution is 5.87. The van der Waals surface area contributed by atoms with Gasteiger partial charge in [-0.2, -0.15) is 4.98 Å². The number of halogens is 4. The standard InChI is InChI=1S/C22H16F4N4O4/c23-18-15-7-11(1-2-16(15)30-4-3-10(19(18)30)8-17(31)32)20-28-21(34-29-20)12-5-13(27)9-14(6-12)33-22(24,25)26/h1-2,5-7,9-10H,3-4,8,27H2,(H,31,32). The van der Waals surface area contributed by atoms with Gasteiger partial charge in [0, 0.05) is 40.7 Å². The van der Waals surface area contributed by atoms with Crippen LogP contribution in [-0.2, 0) is 11.3 Å². The third kappa shape index (κ3) is 3.91. The molecule has 0 spiro atoms. The highest BCUT2D eigenvalue weighted by Gasteiger charge is 2.32. The maximum absolute atomic E-state index is 15.2. The van der Waals surface area contributed by atoms with Crippen molar-refractivity contribution in [3.8, 4) is 28.6 Å². The fourth-order valence-electron chi connectivity index (χ4n) is 4.34. The molecule has 8 nitrogen and oxygen atoms in total. The van der Waals surface area contributed by atoms with Gasteiger partial charge in [-0.05, 0) is 36.8 Å². The van der Waals surface area contributed by atoms with E-state index < -0.39 is 29.8 Å². The van der Waals surface area contributed by atoms with Crippen molar-refractivity contribution >= 4 is 22.6 Å². The number of nitrogen functional groups attached to an aromatic ring is 1. The fourth-order valence-corrected chi connectivity index (χ4v) is 4.34. The Morgan fingerprint density at radius 2 is 2.03 bits per heavy atom. The van der Waals surface area contributed by atoms with E-state index in [1.807, 2.05) is 0 Å². The molecule has 176 valence electrons. The van der Waals surface area contributed by atoms with E-state index in [0.717, 1.165) is 12.1 Å². The number of carboxylic acids is 1. The molecule has 0 saturated carbocycles. The van der Waals surface area contributed by atoms with Gasteiger partial charge in [-0.1, -0.05) is 5.16 Å². The summed E-state index contributed by atoms with van der Waals surface area (Å²) in [5.74, 6) is -2.45. The topological polar surface area (TPSA) is 116 Å². The lowest BCUT2D eigenvalue weighted by Crippen LogP contribution is -2.17. The molecule has 2 aromatic carbocycles. The third-order valence-corrected chi connectivity index (χ3v) is 5.64.